The van der Waals surface area contributed by atoms with E-state index in [1.54, 1.807) is 22.7 Å². The highest BCUT2D eigenvalue weighted by molar-refractivity contribution is 8.02. The molecule has 0 saturated carbocycles. The molecule has 3 heterocycles. The van der Waals surface area contributed by atoms with Crippen LogP contribution in [0.5, 0.6) is 0 Å². The maximum absolute atomic E-state index is 14.2. The first-order valence-corrected chi connectivity index (χ1v) is 14.8. The standard InChI is InChI=1S/C29H46N2O5S/c1-6-8-9-14-20-36-27(35)23-22-25(33)31(18-12-10-11-13-19-32)24(26(34)30(17-7-2)21(3)4)29(22)16-15-28(23,5)37-29/h6-7,21-24,32H,1-2,8-20H2,3-5H3/t22-,23+,24?,28-,29?/m0/s1. The molecule has 0 aromatic rings. The van der Waals surface area contributed by atoms with Crippen molar-refractivity contribution in [2.24, 2.45) is 11.8 Å². The number of carbonyl (C=O) groups is 3. The number of unbranched alkanes of at least 4 members (excludes halogenated alkanes) is 5. The summed E-state index contributed by atoms with van der Waals surface area (Å²) in [4.78, 5) is 45.3. The van der Waals surface area contributed by atoms with Gasteiger partial charge in [0.05, 0.1) is 23.2 Å². The van der Waals surface area contributed by atoms with Gasteiger partial charge in [0, 0.05) is 30.5 Å². The lowest BCUT2D eigenvalue weighted by molar-refractivity contribution is -0.155. The zero-order valence-electron chi connectivity index (χ0n) is 23.0. The first-order chi connectivity index (χ1) is 17.7. The second kappa shape index (κ2) is 12.8. The number of aliphatic hydroxyl groups is 1. The predicted octanol–water partition coefficient (Wildman–Crippen LogP) is 4.34. The predicted molar refractivity (Wildman–Crippen MR) is 148 cm³/mol. The van der Waals surface area contributed by atoms with Gasteiger partial charge in [-0.2, -0.15) is 0 Å². The van der Waals surface area contributed by atoms with E-state index in [9.17, 15) is 14.4 Å². The zero-order chi connectivity index (χ0) is 27.2. The lowest BCUT2D eigenvalue weighted by Crippen LogP contribution is -2.56. The lowest BCUT2D eigenvalue weighted by atomic mass is 9.66. The summed E-state index contributed by atoms with van der Waals surface area (Å²) in [5.74, 6) is -1.50. The Morgan fingerprint density at radius 2 is 1.89 bits per heavy atom. The highest BCUT2D eigenvalue weighted by Gasteiger charge is 2.77. The van der Waals surface area contributed by atoms with Crippen molar-refractivity contribution in [3.8, 4) is 0 Å². The molecule has 0 aliphatic carbocycles. The number of esters is 1. The average molecular weight is 535 g/mol. The molecule has 3 aliphatic rings. The fourth-order valence-electron chi connectivity index (χ4n) is 6.56. The van der Waals surface area contributed by atoms with Gasteiger partial charge in [0.2, 0.25) is 11.8 Å². The van der Waals surface area contributed by atoms with Gasteiger partial charge >= 0.3 is 5.97 Å². The van der Waals surface area contributed by atoms with Crippen molar-refractivity contribution in [1.29, 1.82) is 0 Å². The van der Waals surface area contributed by atoms with E-state index in [4.69, 9.17) is 9.84 Å². The van der Waals surface area contributed by atoms with Crippen molar-refractivity contribution in [2.45, 2.75) is 100 Å². The number of amides is 2. The van der Waals surface area contributed by atoms with Gasteiger partial charge in [-0.25, -0.2) is 0 Å². The van der Waals surface area contributed by atoms with Crippen molar-refractivity contribution in [3.63, 3.8) is 0 Å². The Kier molecular flexibility index (Phi) is 10.3. The fourth-order valence-corrected chi connectivity index (χ4v) is 8.89. The number of ether oxygens (including phenoxy) is 1. The van der Waals surface area contributed by atoms with Gasteiger partial charge in [0.25, 0.3) is 0 Å². The Labute approximate surface area is 227 Å². The Bertz CT molecular complexity index is 863. The minimum absolute atomic E-state index is 0.0297. The molecule has 3 aliphatic heterocycles. The Morgan fingerprint density at radius 1 is 1.16 bits per heavy atom. The first kappa shape index (κ1) is 29.8. The topological polar surface area (TPSA) is 87.1 Å². The number of rotatable bonds is 16. The summed E-state index contributed by atoms with van der Waals surface area (Å²) in [6, 6.07) is -0.625. The Balaban J connectivity index is 1.89. The average Bonchev–Trinajstić information content (AvgIpc) is 3.42. The van der Waals surface area contributed by atoms with E-state index >= 15 is 0 Å². The molecule has 3 fully saturated rings. The third-order valence-electron chi connectivity index (χ3n) is 8.35. The number of hydrogen-bond acceptors (Lipinski definition) is 6. The van der Waals surface area contributed by atoms with Crippen LogP contribution in [0.25, 0.3) is 0 Å². The number of allylic oxidation sites excluding steroid dienone is 1. The third-order valence-corrected chi connectivity index (χ3v) is 10.3. The Morgan fingerprint density at radius 3 is 2.54 bits per heavy atom. The number of carbonyl (C=O) groups excluding carboxylic acids is 3. The number of hydrogen-bond donors (Lipinski definition) is 1. The monoisotopic (exact) mass is 534 g/mol. The Hall–Kier alpha value is -1.80. The summed E-state index contributed by atoms with van der Waals surface area (Å²) in [7, 11) is 0. The molecule has 208 valence electrons. The van der Waals surface area contributed by atoms with Crippen LogP contribution in [0.15, 0.2) is 25.3 Å². The molecule has 3 saturated heterocycles. The number of thioether (sulfide) groups is 1. The van der Waals surface area contributed by atoms with Crippen molar-refractivity contribution < 1.29 is 24.2 Å². The van der Waals surface area contributed by atoms with Gasteiger partial charge in [-0.3, -0.25) is 14.4 Å². The highest BCUT2D eigenvalue weighted by atomic mass is 32.2. The van der Waals surface area contributed by atoms with Gasteiger partial charge in [0.1, 0.15) is 6.04 Å². The van der Waals surface area contributed by atoms with Crippen LogP contribution in [0.4, 0.5) is 0 Å². The van der Waals surface area contributed by atoms with Crippen LogP contribution in [0, 0.1) is 11.8 Å². The van der Waals surface area contributed by atoms with Gasteiger partial charge in [-0.1, -0.05) is 25.0 Å². The van der Waals surface area contributed by atoms with Crippen LogP contribution in [-0.4, -0.2) is 80.6 Å². The molecular weight excluding hydrogens is 488 g/mol. The molecule has 2 unspecified atom stereocenters. The van der Waals surface area contributed by atoms with E-state index in [0.717, 1.165) is 57.8 Å². The maximum atomic E-state index is 14.2. The smallest absolute Gasteiger partial charge is 0.311 e. The second-order valence-electron chi connectivity index (χ2n) is 11.2. The van der Waals surface area contributed by atoms with Crippen LogP contribution in [0.3, 0.4) is 0 Å². The fraction of sp³-hybridized carbons (Fsp3) is 0.759. The van der Waals surface area contributed by atoms with E-state index in [1.165, 1.54) is 0 Å². The highest BCUT2D eigenvalue weighted by Crippen LogP contribution is 2.71. The van der Waals surface area contributed by atoms with Gasteiger partial charge in [0.15, 0.2) is 0 Å². The van der Waals surface area contributed by atoms with Gasteiger partial charge in [-0.15, -0.1) is 24.9 Å². The molecular formula is C29H46N2O5S. The summed E-state index contributed by atoms with van der Waals surface area (Å²) in [5, 5.41) is 9.11. The normalized spacial score (nSPS) is 30.0. The first-order valence-electron chi connectivity index (χ1n) is 14.0. The van der Waals surface area contributed by atoms with Crippen LogP contribution >= 0.6 is 11.8 Å². The van der Waals surface area contributed by atoms with Crippen LogP contribution in [-0.2, 0) is 19.1 Å². The van der Waals surface area contributed by atoms with Crippen molar-refractivity contribution in [1.82, 2.24) is 9.80 Å². The van der Waals surface area contributed by atoms with E-state index in [-0.39, 0.29) is 30.4 Å². The summed E-state index contributed by atoms with van der Waals surface area (Å²) >= 11 is 1.69. The molecule has 3 rings (SSSR count). The molecule has 0 aromatic carbocycles. The van der Waals surface area contributed by atoms with Crippen molar-refractivity contribution in [3.05, 3.63) is 25.3 Å². The lowest BCUT2D eigenvalue weighted by Gasteiger charge is -2.38. The van der Waals surface area contributed by atoms with E-state index in [2.05, 4.69) is 20.1 Å². The number of nitrogens with zero attached hydrogens (tertiary/aromatic N) is 2. The maximum Gasteiger partial charge on any atom is 0.311 e. The summed E-state index contributed by atoms with van der Waals surface area (Å²) in [6.45, 7) is 15.0. The molecule has 7 nitrogen and oxygen atoms in total. The quantitative estimate of drug-likeness (QED) is 0.180. The molecule has 8 heteroatoms. The molecule has 1 N–H and O–H groups in total. The third kappa shape index (κ3) is 5.80. The van der Waals surface area contributed by atoms with E-state index < -0.39 is 27.4 Å². The largest absolute Gasteiger partial charge is 0.465 e. The minimum atomic E-state index is -0.616. The molecule has 0 radical (unpaired) electrons. The molecule has 0 aromatic heterocycles. The number of fused-ring (bicyclic) bond motifs is 1. The SMILES string of the molecule is C=CCCCCOC(=O)[C@H]1[C@H]2C(=O)N(CCCCCCO)C(C(=O)N(CC=C)C(C)C)C23CC[C@]1(C)S3. The van der Waals surface area contributed by atoms with Gasteiger partial charge < -0.3 is 19.6 Å². The van der Waals surface area contributed by atoms with E-state index in [1.807, 2.05) is 24.8 Å². The van der Waals surface area contributed by atoms with Crippen molar-refractivity contribution in [2.75, 3.05) is 26.3 Å². The molecule has 5 atom stereocenters. The summed E-state index contributed by atoms with van der Waals surface area (Å²) < 4.78 is 4.71. The summed E-state index contributed by atoms with van der Waals surface area (Å²) in [5.41, 5.74) is 0. The van der Waals surface area contributed by atoms with Gasteiger partial charge in [-0.05, 0) is 65.7 Å². The van der Waals surface area contributed by atoms with Crippen LogP contribution in [0.1, 0.15) is 78.6 Å². The van der Waals surface area contributed by atoms with Crippen LogP contribution in [0.2, 0.25) is 0 Å². The molecule has 2 bridgehead atoms. The van der Waals surface area contributed by atoms with Crippen LogP contribution < -0.4 is 0 Å². The summed E-state index contributed by atoms with van der Waals surface area (Å²) in [6.07, 6.45) is 10.9. The second-order valence-corrected chi connectivity index (χ2v) is 13.1. The molecule has 1 spiro atoms. The minimum Gasteiger partial charge on any atom is -0.465 e. The number of likely N-dealkylation sites (tertiary alicyclic amines) is 1. The molecule has 2 amide bonds. The molecule has 37 heavy (non-hydrogen) atoms. The zero-order valence-corrected chi connectivity index (χ0v) is 23.8. The van der Waals surface area contributed by atoms with E-state index in [0.29, 0.717) is 19.7 Å². The number of aliphatic hydroxyl groups excluding tert-OH is 1. The van der Waals surface area contributed by atoms with Crippen molar-refractivity contribution >= 4 is 29.5 Å².